The van der Waals surface area contributed by atoms with Crippen LogP contribution in [0.3, 0.4) is 0 Å². The van der Waals surface area contributed by atoms with E-state index in [4.69, 9.17) is 10.5 Å². The number of carbonyl (C=O) groups excluding carboxylic acids is 1. The van der Waals surface area contributed by atoms with Gasteiger partial charge < -0.3 is 10.5 Å². The van der Waals surface area contributed by atoms with E-state index in [9.17, 15) is 4.79 Å². The average Bonchev–Trinajstić information content (AvgIpc) is 2.53. The summed E-state index contributed by atoms with van der Waals surface area (Å²) in [6.07, 6.45) is 1.67. The molecule has 3 rings (SSSR count). The van der Waals surface area contributed by atoms with Gasteiger partial charge in [-0.25, -0.2) is 4.98 Å². The summed E-state index contributed by atoms with van der Waals surface area (Å²) in [7, 11) is 1.62. The molecule has 0 radical (unpaired) electrons. The third-order valence-electron chi connectivity index (χ3n) is 3.19. The second-order valence-electron chi connectivity index (χ2n) is 4.55. The lowest BCUT2D eigenvalue weighted by molar-refractivity contribution is 0.100. The Morgan fingerprint density at radius 3 is 2.76 bits per heavy atom. The van der Waals surface area contributed by atoms with Crippen LogP contribution in [0.5, 0.6) is 5.75 Å². The molecule has 3 aromatic rings. The fourth-order valence-electron chi connectivity index (χ4n) is 2.09. The van der Waals surface area contributed by atoms with Crippen molar-refractivity contribution in [2.24, 2.45) is 5.73 Å². The van der Waals surface area contributed by atoms with Crippen molar-refractivity contribution in [1.29, 1.82) is 0 Å². The van der Waals surface area contributed by atoms with E-state index in [1.165, 1.54) is 0 Å². The molecular formula is C16H13N3O2. The predicted molar refractivity (Wildman–Crippen MR) is 80.0 cm³/mol. The Kier molecular flexibility index (Phi) is 3.23. The SMILES string of the molecule is COc1cccc(-c2cnc3cc(C(N)=O)ccc3n2)c1. The van der Waals surface area contributed by atoms with Crippen molar-refractivity contribution in [1.82, 2.24) is 9.97 Å². The van der Waals surface area contributed by atoms with Gasteiger partial charge in [0, 0.05) is 11.1 Å². The lowest BCUT2D eigenvalue weighted by Gasteiger charge is -2.05. The van der Waals surface area contributed by atoms with Crippen molar-refractivity contribution in [2.75, 3.05) is 7.11 Å². The van der Waals surface area contributed by atoms with Crippen LogP contribution in [0.1, 0.15) is 10.4 Å². The number of fused-ring (bicyclic) bond motifs is 1. The first-order valence-corrected chi connectivity index (χ1v) is 6.38. The number of amides is 1. The van der Waals surface area contributed by atoms with Crippen LogP contribution in [0.4, 0.5) is 0 Å². The molecule has 0 bridgehead atoms. The van der Waals surface area contributed by atoms with Gasteiger partial charge in [0.1, 0.15) is 5.75 Å². The van der Waals surface area contributed by atoms with Crippen LogP contribution >= 0.6 is 0 Å². The summed E-state index contributed by atoms with van der Waals surface area (Å²) in [6, 6.07) is 12.6. The molecule has 5 heteroatoms. The molecule has 0 aliphatic carbocycles. The Bertz CT molecular complexity index is 831. The van der Waals surface area contributed by atoms with Crippen LogP contribution in [-0.4, -0.2) is 23.0 Å². The second-order valence-corrected chi connectivity index (χ2v) is 4.55. The number of hydrogen-bond donors (Lipinski definition) is 1. The lowest BCUT2D eigenvalue weighted by atomic mass is 10.1. The van der Waals surface area contributed by atoms with Gasteiger partial charge >= 0.3 is 0 Å². The fraction of sp³-hybridized carbons (Fsp3) is 0.0625. The van der Waals surface area contributed by atoms with Crippen molar-refractivity contribution < 1.29 is 9.53 Å². The third kappa shape index (κ3) is 2.53. The smallest absolute Gasteiger partial charge is 0.248 e. The van der Waals surface area contributed by atoms with Gasteiger partial charge in [0.25, 0.3) is 0 Å². The van der Waals surface area contributed by atoms with Gasteiger partial charge in [-0.1, -0.05) is 12.1 Å². The van der Waals surface area contributed by atoms with Crippen LogP contribution in [0.2, 0.25) is 0 Å². The number of nitrogens with zero attached hydrogens (tertiary/aromatic N) is 2. The zero-order chi connectivity index (χ0) is 14.8. The van der Waals surface area contributed by atoms with Gasteiger partial charge in [-0.05, 0) is 30.3 Å². The molecule has 0 saturated carbocycles. The first-order chi connectivity index (χ1) is 10.2. The van der Waals surface area contributed by atoms with Crippen molar-refractivity contribution >= 4 is 16.9 Å². The zero-order valence-electron chi connectivity index (χ0n) is 11.4. The molecule has 1 heterocycles. The van der Waals surface area contributed by atoms with E-state index in [2.05, 4.69) is 9.97 Å². The van der Waals surface area contributed by atoms with E-state index in [1.54, 1.807) is 31.5 Å². The molecule has 0 atom stereocenters. The number of primary amides is 1. The maximum atomic E-state index is 11.2. The third-order valence-corrected chi connectivity index (χ3v) is 3.19. The van der Waals surface area contributed by atoms with E-state index in [0.29, 0.717) is 16.6 Å². The van der Waals surface area contributed by atoms with Crippen LogP contribution in [0.25, 0.3) is 22.3 Å². The van der Waals surface area contributed by atoms with Gasteiger partial charge in [-0.2, -0.15) is 0 Å². The van der Waals surface area contributed by atoms with Gasteiger partial charge in [0.15, 0.2) is 0 Å². The summed E-state index contributed by atoms with van der Waals surface area (Å²) in [4.78, 5) is 20.1. The molecule has 0 aliphatic rings. The minimum absolute atomic E-state index is 0.422. The van der Waals surface area contributed by atoms with Crippen LogP contribution in [0, 0.1) is 0 Å². The molecule has 21 heavy (non-hydrogen) atoms. The fourth-order valence-corrected chi connectivity index (χ4v) is 2.09. The first kappa shape index (κ1) is 13.1. The Labute approximate surface area is 121 Å². The van der Waals surface area contributed by atoms with Crippen molar-refractivity contribution in [2.45, 2.75) is 0 Å². The summed E-state index contributed by atoms with van der Waals surface area (Å²) < 4.78 is 5.21. The number of methoxy groups -OCH3 is 1. The summed E-state index contributed by atoms with van der Waals surface area (Å²) in [5, 5.41) is 0. The zero-order valence-corrected chi connectivity index (χ0v) is 11.4. The maximum absolute atomic E-state index is 11.2. The van der Waals surface area contributed by atoms with Crippen molar-refractivity contribution in [3.63, 3.8) is 0 Å². The largest absolute Gasteiger partial charge is 0.497 e. The normalized spacial score (nSPS) is 10.5. The highest BCUT2D eigenvalue weighted by Crippen LogP contribution is 2.23. The average molecular weight is 279 g/mol. The van der Waals surface area contributed by atoms with Crippen LogP contribution in [0.15, 0.2) is 48.7 Å². The van der Waals surface area contributed by atoms with E-state index < -0.39 is 5.91 Å². The number of ether oxygens (including phenoxy) is 1. The summed E-state index contributed by atoms with van der Waals surface area (Å²) >= 11 is 0. The molecule has 0 spiro atoms. The highest BCUT2D eigenvalue weighted by atomic mass is 16.5. The van der Waals surface area contributed by atoms with Gasteiger partial charge in [0.05, 0.1) is 30.0 Å². The molecule has 0 fully saturated rings. The number of nitrogens with two attached hydrogens (primary N) is 1. The summed E-state index contributed by atoms with van der Waals surface area (Å²) in [6.45, 7) is 0. The molecule has 5 nitrogen and oxygen atoms in total. The topological polar surface area (TPSA) is 78.1 Å². The molecular weight excluding hydrogens is 266 g/mol. The number of aromatic nitrogens is 2. The van der Waals surface area contributed by atoms with Gasteiger partial charge in [-0.15, -0.1) is 0 Å². The molecule has 1 aromatic heterocycles. The Hall–Kier alpha value is -2.95. The number of carbonyl (C=O) groups is 1. The summed E-state index contributed by atoms with van der Waals surface area (Å²) in [5.41, 5.74) is 8.69. The van der Waals surface area contributed by atoms with E-state index in [0.717, 1.165) is 17.0 Å². The molecule has 0 saturated heterocycles. The predicted octanol–water partition coefficient (Wildman–Crippen LogP) is 2.40. The Morgan fingerprint density at radius 2 is 2.00 bits per heavy atom. The molecule has 2 aromatic carbocycles. The summed E-state index contributed by atoms with van der Waals surface area (Å²) in [5.74, 6) is 0.286. The van der Waals surface area contributed by atoms with Crippen molar-refractivity contribution in [3.05, 3.63) is 54.2 Å². The molecule has 0 unspecified atom stereocenters. The monoisotopic (exact) mass is 279 g/mol. The number of rotatable bonds is 3. The minimum Gasteiger partial charge on any atom is -0.497 e. The quantitative estimate of drug-likeness (QED) is 0.798. The van der Waals surface area contributed by atoms with E-state index in [1.807, 2.05) is 24.3 Å². The van der Waals surface area contributed by atoms with Gasteiger partial charge in [0.2, 0.25) is 5.91 Å². The maximum Gasteiger partial charge on any atom is 0.248 e. The molecule has 104 valence electrons. The Morgan fingerprint density at radius 1 is 1.14 bits per heavy atom. The van der Waals surface area contributed by atoms with Gasteiger partial charge in [-0.3, -0.25) is 9.78 Å². The Balaban J connectivity index is 2.08. The lowest BCUT2D eigenvalue weighted by Crippen LogP contribution is -2.10. The second kappa shape index (κ2) is 5.20. The number of hydrogen-bond acceptors (Lipinski definition) is 4. The highest BCUT2D eigenvalue weighted by Gasteiger charge is 2.06. The van der Waals surface area contributed by atoms with E-state index >= 15 is 0 Å². The van der Waals surface area contributed by atoms with E-state index in [-0.39, 0.29) is 0 Å². The van der Waals surface area contributed by atoms with Crippen LogP contribution in [-0.2, 0) is 0 Å². The standard InChI is InChI=1S/C16H13N3O2/c1-21-12-4-2-3-10(7-12)15-9-18-14-8-11(16(17)20)5-6-13(14)19-15/h2-9H,1H3,(H2,17,20). The minimum atomic E-state index is -0.476. The van der Waals surface area contributed by atoms with Crippen LogP contribution < -0.4 is 10.5 Å². The molecule has 1 amide bonds. The number of benzene rings is 2. The van der Waals surface area contributed by atoms with Crippen molar-refractivity contribution in [3.8, 4) is 17.0 Å². The molecule has 2 N–H and O–H groups in total. The first-order valence-electron chi connectivity index (χ1n) is 6.38. The molecule has 0 aliphatic heterocycles. The highest BCUT2D eigenvalue weighted by molar-refractivity contribution is 5.96.